The first-order valence-electron chi connectivity index (χ1n) is 7.00. The Morgan fingerprint density at radius 1 is 1.29 bits per heavy atom. The third-order valence-corrected chi connectivity index (χ3v) is 5.29. The van der Waals surface area contributed by atoms with Gasteiger partial charge in [0.1, 0.15) is 5.82 Å². The van der Waals surface area contributed by atoms with E-state index in [0.29, 0.717) is 5.69 Å². The first kappa shape index (κ1) is 18.4. The van der Waals surface area contributed by atoms with Gasteiger partial charge in [-0.3, -0.25) is 4.79 Å². The van der Waals surface area contributed by atoms with Crippen molar-refractivity contribution in [3.05, 3.63) is 47.9 Å². The third-order valence-electron chi connectivity index (χ3n) is 3.05. The smallest absolute Gasteiger partial charge is 0.258 e. The number of aromatic nitrogens is 1. The minimum atomic E-state index is -3.77. The number of sulfonamides is 1. The van der Waals surface area contributed by atoms with Gasteiger partial charge >= 0.3 is 0 Å². The number of halogens is 1. The predicted octanol–water partition coefficient (Wildman–Crippen LogP) is 2.49. The predicted molar refractivity (Wildman–Crippen MR) is 91.2 cm³/mol. The highest BCUT2D eigenvalue weighted by Crippen LogP contribution is 2.19. The minimum absolute atomic E-state index is 0.190. The number of thioether (sulfide) groups is 1. The maximum atomic E-state index is 13.9. The van der Waals surface area contributed by atoms with E-state index in [1.807, 2.05) is 6.92 Å². The van der Waals surface area contributed by atoms with E-state index in [1.165, 1.54) is 13.2 Å². The molecule has 0 aliphatic rings. The van der Waals surface area contributed by atoms with Gasteiger partial charge in [-0.05, 0) is 43.1 Å². The van der Waals surface area contributed by atoms with Gasteiger partial charge in [0.2, 0.25) is 10.0 Å². The van der Waals surface area contributed by atoms with Crippen molar-refractivity contribution in [2.45, 2.75) is 16.8 Å². The Kier molecular flexibility index (Phi) is 5.92. The SMILES string of the molecule is CCSc1ccc(NC(=O)c2cc(S(=O)(=O)NC)ccc2F)cn1. The lowest BCUT2D eigenvalue weighted by Gasteiger charge is -2.09. The van der Waals surface area contributed by atoms with Gasteiger partial charge in [0.05, 0.1) is 27.4 Å². The highest BCUT2D eigenvalue weighted by molar-refractivity contribution is 7.99. The normalized spacial score (nSPS) is 11.3. The van der Waals surface area contributed by atoms with Gasteiger partial charge in [-0.15, -0.1) is 11.8 Å². The molecule has 2 aromatic rings. The summed E-state index contributed by atoms with van der Waals surface area (Å²) in [6, 6.07) is 6.41. The van der Waals surface area contributed by atoms with E-state index >= 15 is 0 Å². The molecule has 0 saturated carbocycles. The van der Waals surface area contributed by atoms with E-state index < -0.39 is 21.7 Å². The molecule has 128 valence electrons. The quantitative estimate of drug-likeness (QED) is 0.764. The number of benzene rings is 1. The average Bonchev–Trinajstić information content (AvgIpc) is 2.57. The van der Waals surface area contributed by atoms with Crippen molar-refractivity contribution >= 4 is 33.4 Å². The highest BCUT2D eigenvalue weighted by atomic mass is 32.2. The van der Waals surface area contributed by atoms with Crippen molar-refractivity contribution in [1.29, 1.82) is 0 Å². The summed E-state index contributed by atoms with van der Waals surface area (Å²) in [5.74, 6) is -0.691. The molecule has 0 unspecified atom stereocenters. The van der Waals surface area contributed by atoms with Crippen molar-refractivity contribution in [3.8, 4) is 0 Å². The Morgan fingerprint density at radius 3 is 2.62 bits per heavy atom. The van der Waals surface area contributed by atoms with Crippen molar-refractivity contribution in [3.63, 3.8) is 0 Å². The van der Waals surface area contributed by atoms with Crippen LogP contribution in [0.25, 0.3) is 0 Å². The number of anilines is 1. The van der Waals surface area contributed by atoms with Gasteiger partial charge in [-0.2, -0.15) is 0 Å². The fourth-order valence-corrected chi connectivity index (χ4v) is 3.19. The van der Waals surface area contributed by atoms with Crippen molar-refractivity contribution in [2.24, 2.45) is 0 Å². The number of pyridine rings is 1. The maximum Gasteiger partial charge on any atom is 0.258 e. The van der Waals surface area contributed by atoms with Gasteiger partial charge < -0.3 is 5.32 Å². The number of nitrogens with zero attached hydrogens (tertiary/aromatic N) is 1. The first-order valence-corrected chi connectivity index (χ1v) is 9.47. The first-order chi connectivity index (χ1) is 11.4. The minimum Gasteiger partial charge on any atom is -0.320 e. The number of amides is 1. The molecule has 2 rings (SSSR count). The van der Waals surface area contributed by atoms with Crippen molar-refractivity contribution in [1.82, 2.24) is 9.71 Å². The topological polar surface area (TPSA) is 88.2 Å². The second-order valence-electron chi connectivity index (χ2n) is 4.62. The van der Waals surface area contributed by atoms with Crippen LogP contribution in [0.15, 0.2) is 46.5 Å². The molecule has 1 amide bonds. The maximum absolute atomic E-state index is 13.9. The largest absolute Gasteiger partial charge is 0.320 e. The summed E-state index contributed by atoms with van der Waals surface area (Å²) in [5.41, 5.74) is 0.0278. The number of carbonyl (C=O) groups excluding carboxylic acids is 1. The standard InChI is InChI=1S/C15H16FN3O3S2/c1-3-23-14-7-4-10(9-18-14)19-15(20)12-8-11(5-6-13(12)16)24(21,22)17-2/h4-9,17H,3H2,1-2H3,(H,19,20). The summed E-state index contributed by atoms with van der Waals surface area (Å²) < 4.78 is 39.5. The zero-order chi connectivity index (χ0) is 17.7. The molecule has 0 aliphatic carbocycles. The second-order valence-corrected chi connectivity index (χ2v) is 7.79. The molecule has 0 aliphatic heterocycles. The molecule has 0 atom stereocenters. The van der Waals surface area contributed by atoms with Gasteiger partial charge in [-0.1, -0.05) is 6.92 Å². The van der Waals surface area contributed by atoms with Crippen LogP contribution in [0.4, 0.5) is 10.1 Å². The molecule has 0 radical (unpaired) electrons. The molecule has 0 bridgehead atoms. The third kappa shape index (κ3) is 4.31. The Labute approximate surface area is 143 Å². The number of hydrogen-bond donors (Lipinski definition) is 2. The van der Waals surface area contributed by atoms with Crippen LogP contribution in [0.1, 0.15) is 17.3 Å². The molecule has 0 saturated heterocycles. The van der Waals surface area contributed by atoms with Crippen molar-refractivity contribution in [2.75, 3.05) is 18.1 Å². The molecule has 6 nitrogen and oxygen atoms in total. The molecule has 9 heteroatoms. The Balaban J connectivity index is 2.24. The van der Waals surface area contributed by atoms with Gasteiger partial charge in [-0.25, -0.2) is 22.5 Å². The van der Waals surface area contributed by atoms with Crippen LogP contribution < -0.4 is 10.0 Å². The van der Waals surface area contributed by atoms with Gasteiger partial charge in [0.25, 0.3) is 5.91 Å². The fourth-order valence-electron chi connectivity index (χ4n) is 1.85. The zero-order valence-electron chi connectivity index (χ0n) is 13.0. The Morgan fingerprint density at radius 2 is 2.04 bits per heavy atom. The summed E-state index contributed by atoms with van der Waals surface area (Å²) in [5, 5.41) is 3.31. The molecule has 2 N–H and O–H groups in total. The summed E-state index contributed by atoms with van der Waals surface area (Å²) in [6.45, 7) is 2.00. The lowest BCUT2D eigenvalue weighted by Crippen LogP contribution is -2.20. The second kappa shape index (κ2) is 7.73. The molecule has 1 aromatic heterocycles. The Hall–Kier alpha value is -1.97. The Bertz CT molecular complexity index is 840. The highest BCUT2D eigenvalue weighted by Gasteiger charge is 2.18. The number of hydrogen-bond acceptors (Lipinski definition) is 5. The fraction of sp³-hybridized carbons (Fsp3) is 0.200. The van der Waals surface area contributed by atoms with E-state index in [9.17, 15) is 17.6 Å². The van der Waals surface area contributed by atoms with Crippen LogP contribution in [0.2, 0.25) is 0 Å². The van der Waals surface area contributed by atoms with Crippen LogP contribution >= 0.6 is 11.8 Å². The molecule has 1 heterocycles. The van der Waals surface area contributed by atoms with E-state index in [0.717, 1.165) is 29.0 Å². The van der Waals surface area contributed by atoms with E-state index in [2.05, 4.69) is 15.0 Å². The van der Waals surface area contributed by atoms with E-state index in [4.69, 9.17) is 0 Å². The zero-order valence-corrected chi connectivity index (χ0v) is 14.7. The summed E-state index contributed by atoms with van der Waals surface area (Å²) in [4.78, 5) is 16.2. The van der Waals surface area contributed by atoms with Crippen molar-refractivity contribution < 1.29 is 17.6 Å². The molecule has 0 spiro atoms. The summed E-state index contributed by atoms with van der Waals surface area (Å²) in [6.07, 6.45) is 1.46. The molecular formula is C15H16FN3O3S2. The van der Waals surface area contributed by atoms with Crippen LogP contribution in [-0.2, 0) is 10.0 Å². The molecule has 0 fully saturated rings. The van der Waals surface area contributed by atoms with Gasteiger partial charge in [0, 0.05) is 0 Å². The van der Waals surface area contributed by atoms with Crippen LogP contribution in [-0.4, -0.2) is 32.1 Å². The van der Waals surface area contributed by atoms with Crippen LogP contribution in [0.5, 0.6) is 0 Å². The van der Waals surface area contributed by atoms with E-state index in [-0.39, 0.29) is 10.5 Å². The molecule has 1 aromatic carbocycles. The lowest BCUT2D eigenvalue weighted by molar-refractivity contribution is 0.102. The number of rotatable bonds is 6. The number of carbonyl (C=O) groups is 1. The van der Waals surface area contributed by atoms with Gasteiger partial charge in [0.15, 0.2) is 0 Å². The lowest BCUT2D eigenvalue weighted by atomic mass is 10.2. The molecular weight excluding hydrogens is 353 g/mol. The van der Waals surface area contributed by atoms with Crippen LogP contribution in [0, 0.1) is 5.82 Å². The molecule has 24 heavy (non-hydrogen) atoms. The average molecular weight is 369 g/mol. The summed E-state index contributed by atoms with van der Waals surface area (Å²) in [7, 11) is -2.53. The monoisotopic (exact) mass is 369 g/mol. The van der Waals surface area contributed by atoms with Crippen LogP contribution in [0.3, 0.4) is 0 Å². The van der Waals surface area contributed by atoms with E-state index in [1.54, 1.807) is 23.9 Å². The number of nitrogens with one attached hydrogen (secondary N) is 2. The summed E-state index contributed by atoms with van der Waals surface area (Å²) >= 11 is 1.55.